The van der Waals surface area contributed by atoms with Gasteiger partial charge in [0, 0.05) is 22.8 Å². The molecule has 0 aliphatic heterocycles. The third-order valence-electron chi connectivity index (χ3n) is 3.41. The predicted octanol–water partition coefficient (Wildman–Crippen LogP) is 3.43. The average Bonchev–Trinajstić information content (AvgIpc) is 2.67. The van der Waals surface area contributed by atoms with E-state index in [-0.39, 0.29) is 5.41 Å². The van der Waals surface area contributed by atoms with Gasteiger partial charge in [0.15, 0.2) is 0 Å². The van der Waals surface area contributed by atoms with Crippen LogP contribution in [0.25, 0.3) is 0 Å². The van der Waals surface area contributed by atoms with Crippen LogP contribution in [-0.4, -0.2) is 11.0 Å². The molecule has 2 rings (SSSR count). The molecule has 0 spiro atoms. The number of hydrogen-bond acceptors (Lipinski definition) is 3. The molecule has 0 saturated heterocycles. The van der Waals surface area contributed by atoms with Crippen LogP contribution in [0.15, 0.2) is 5.38 Å². The van der Waals surface area contributed by atoms with Crippen LogP contribution in [0.2, 0.25) is 0 Å². The van der Waals surface area contributed by atoms with Crippen LogP contribution in [-0.2, 0) is 5.41 Å². The molecule has 1 aliphatic rings. The molecule has 1 heterocycles. The van der Waals surface area contributed by atoms with Gasteiger partial charge in [0.2, 0.25) is 0 Å². The van der Waals surface area contributed by atoms with Crippen molar-refractivity contribution in [2.24, 2.45) is 5.73 Å². The van der Waals surface area contributed by atoms with E-state index in [1.807, 2.05) is 11.3 Å². The van der Waals surface area contributed by atoms with E-state index >= 15 is 0 Å². The summed E-state index contributed by atoms with van der Waals surface area (Å²) < 4.78 is 0. The van der Waals surface area contributed by atoms with Gasteiger partial charge in [-0.3, -0.25) is 0 Å². The Kier molecular flexibility index (Phi) is 3.36. The Morgan fingerprint density at radius 2 is 1.88 bits per heavy atom. The van der Waals surface area contributed by atoms with E-state index in [2.05, 4.69) is 26.2 Å². The second-order valence-electron chi connectivity index (χ2n) is 5.93. The summed E-state index contributed by atoms with van der Waals surface area (Å²) >= 11 is 1.83. The highest BCUT2D eigenvalue weighted by molar-refractivity contribution is 7.09. The quantitative estimate of drug-likeness (QED) is 0.814. The van der Waals surface area contributed by atoms with Crippen LogP contribution >= 0.6 is 11.3 Å². The largest absolute Gasteiger partial charge is 0.328 e. The average molecular weight is 238 g/mol. The Balaban J connectivity index is 2.08. The van der Waals surface area contributed by atoms with Gasteiger partial charge in [-0.1, -0.05) is 20.8 Å². The number of thiazole rings is 1. The van der Waals surface area contributed by atoms with Crippen molar-refractivity contribution in [3.8, 4) is 0 Å². The van der Waals surface area contributed by atoms with Crippen molar-refractivity contribution >= 4 is 11.3 Å². The summed E-state index contributed by atoms with van der Waals surface area (Å²) in [4.78, 5) is 4.81. The molecule has 90 valence electrons. The maximum Gasteiger partial charge on any atom is 0.0959 e. The number of nitrogens with zero attached hydrogens (tertiary/aromatic N) is 1. The number of aromatic nitrogens is 1. The van der Waals surface area contributed by atoms with Gasteiger partial charge in [-0.05, 0) is 25.7 Å². The fourth-order valence-corrected chi connectivity index (χ4v) is 3.40. The van der Waals surface area contributed by atoms with Gasteiger partial charge in [-0.15, -0.1) is 11.3 Å². The van der Waals surface area contributed by atoms with Crippen LogP contribution in [0, 0.1) is 0 Å². The molecule has 0 unspecified atom stereocenters. The van der Waals surface area contributed by atoms with Gasteiger partial charge in [-0.2, -0.15) is 0 Å². The lowest BCUT2D eigenvalue weighted by Gasteiger charge is -2.24. The Hall–Kier alpha value is -0.410. The minimum absolute atomic E-state index is 0.180. The summed E-state index contributed by atoms with van der Waals surface area (Å²) in [7, 11) is 0. The minimum atomic E-state index is 0.180. The highest BCUT2D eigenvalue weighted by Crippen LogP contribution is 2.35. The molecule has 0 radical (unpaired) electrons. The summed E-state index contributed by atoms with van der Waals surface area (Å²) in [6.45, 7) is 6.67. The molecule has 1 aliphatic carbocycles. The number of nitrogens with two attached hydrogens (primary N) is 1. The summed E-state index contributed by atoms with van der Waals surface area (Å²) in [6, 6.07) is 0.429. The molecule has 2 nitrogen and oxygen atoms in total. The smallest absolute Gasteiger partial charge is 0.0959 e. The first-order valence-corrected chi connectivity index (χ1v) is 7.06. The fourth-order valence-electron chi connectivity index (χ4n) is 2.19. The molecule has 0 aromatic carbocycles. The predicted molar refractivity (Wildman–Crippen MR) is 70.0 cm³/mol. The maximum atomic E-state index is 5.93. The van der Waals surface area contributed by atoms with Crippen LogP contribution in [0.3, 0.4) is 0 Å². The van der Waals surface area contributed by atoms with Crippen molar-refractivity contribution in [1.82, 2.24) is 4.98 Å². The molecule has 16 heavy (non-hydrogen) atoms. The molecule has 3 heteroatoms. The third-order valence-corrected chi connectivity index (χ3v) is 4.42. The van der Waals surface area contributed by atoms with E-state index in [1.165, 1.54) is 23.5 Å². The van der Waals surface area contributed by atoms with E-state index in [1.54, 1.807) is 0 Å². The maximum absolute atomic E-state index is 5.93. The molecule has 0 atom stereocenters. The van der Waals surface area contributed by atoms with Gasteiger partial charge >= 0.3 is 0 Å². The lowest BCUT2D eigenvalue weighted by atomic mass is 9.87. The molecule has 1 aromatic heterocycles. The summed E-state index contributed by atoms with van der Waals surface area (Å²) in [6.07, 6.45) is 4.76. The fraction of sp³-hybridized carbons (Fsp3) is 0.769. The van der Waals surface area contributed by atoms with Crippen molar-refractivity contribution in [2.45, 2.75) is 63.8 Å². The van der Waals surface area contributed by atoms with Crippen LogP contribution in [0.4, 0.5) is 0 Å². The van der Waals surface area contributed by atoms with E-state index in [0.29, 0.717) is 12.0 Å². The second-order valence-corrected chi connectivity index (χ2v) is 6.82. The van der Waals surface area contributed by atoms with Crippen molar-refractivity contribution in [1.29, 1.82) is 0 Å². The summed E-state index contributed by atoms with van der Waals surface area (Å²) in [5.41, 5.74) is 7.35. The molecule has 1 fully saturated rings. The van der Waals surface area contributed by atoms with Gasteiger partial charge in [-0.25, -0.2) is 4.98 Å². The topological polar surface area (TPSA) is 38.9 Å². The van der Waals surface area contributed by atoms with Crippen LogP contribution in [0.1, 0.15) is 63.1 Å². The Bertz CT molecular complexity index is 343. The standard InChI is InChI=1S/C13H22N2S/c1-13(2,3)11-8-16-12(15-11)9-4-6-10(14)7-5-9/h8-10H,4-7,14H2,1-3H3. The molecular weight excluding hydrogens is 216 g/mol. The zero-order chi connectivity index (χ0) is 11.8. The zero-order valence-electron chi connectivity index (χ0n) is 10.5. The van der Waals surface area contributed by atoms with Gasteiger partial charge in [0.05, 0.1) is 10.7 Å². The van der Waals surface area contributed by atoms with Gasteiger partial charge in [0.25, 0.3) is 0 Å². The van der Waals surface area contributed by atoms with Crippen LogP contribution < -0.4 is 5.73 Å². The Morgan fingerprint density at radius 3 is 2.38 bits per heavy atom. The highest BCUT2D eigenvalue weighted by atomic mass is 32.1. The summed E-state index contributed by atoms with van der Waals surface area (Å²) in [5.74, 6) is 0.667. The first-order valence-electron chi connectivity index (χ1n) is 6.18. The van der Waals surface area contributed by atoms with E-state index in [0.717, 1.165) is 12.8 Å². The second kappa shape index (κ2) is 4.46. The molecular formula is C13H22N2S. The third kappa shape index (κ3) is 2.64. The van der Waals surface area contributed by atoms with E-state index < -0.39 is 0 Å². The van der Waals surface area contributed by atoms with Gasteiger partial charge < -0.3 is 5.73 Å². The Labute approximate surface area is 102 Å². The van der Waals surface area contributed by atoms with Crippen molar-refractivity contribution < 1.29 is 0 Å². The monoisotopic (exact) mass is 238 g/mol. The summed E-state index contributed by atoms with van der Waals surface area (Å²) in [5, 5.41) is 3.56. The van der Waals surface area contributed by atoms with Crippen molar-refractivity contribution in [2.75, 3.05) is 0 Å². The van der Waals surface area contributed by atoms with Gasteiger partial charge in [0.1, 0.15) is 0 Å². The lowest BCUT2D eigenvalue weighted by molar-refractivity contribution is 0.393. The normalized spacial score (nSPS) is 27.0. The van der Waals surface area contributed by atoms with E-state index in [9.17, 15) is 0 Å². The molecule has 1 saturated carbocycles. The number of hydrogen-bond donors (Lipinski definition) is 1. The zero-order valence-corrected chi connectivity index (χ0v) is 11.3. The first-order chi connectivity index (χ1) is 7.47. The highest BCUT2D eigenvalue weighted by Gasteiger charge is 2.24. The van der Waals surface area contributed by atoms with Crippen molar-refractivity contribution in [3.05, 3.63) is 16.1 Å². The van der Waals surface area contributed by atoms with E-state index in [4.69, 9.17) is 10.7 Å². The number of rotatable bonds is 1. The first kappa shape index (κ1) is 12.1. The molecule has 2 N–H and O–H groups in total. The van der Waals surface area contributed by atoms with Crippen LogP contribution in [0.5, 0.6) is 0 Å². The lowest BCUT2D eigenvalue weighted by Crippen LogP contribution is -2.25. The molecule has 0 bridgehead atoms. The molecule has 0 amide bonds. The SMILES string of the molecule is CC(C)(C)c1csc(C2CCC(N)CC2)n1. The molecule has 1 aromatic rings. The Morgan fingerprint density at radius 1 is 1.25 bits per heavy atom. The van der Waals surface area contributed by atoms with Crippen molar-refractivity contribution in [3.63, 3.8) is 0 Å². The minimum Gasteiger partial charge on any atom is -0.328 e.